The highest BCUT2D eigenvalue weighted by Crippen LogP contribution is 2.37. The third-order valence-electron chi connectivity index (χ3n) is 4.07. The fourth-order valence-electron chi connectivity index (χ4n) is 3.04. The van der Waals surface area contributed by atoms with Gasteiger partial charge in [0.15, 0.2) is 6.04 Å². The van der Waals surface area contributed by atoms with E-state index in [0.29, 0.717) is 11.3 Å². The van der Waals surface area contributed by atoms with E-state index in [-0.39, 0.29) is 6.61 Å². The monoisotopic (exact) mass is 347 g/mol. The van der Waals surface area contributed by atoms with Crippen molar-refractivity contribution in [2.24, 2.45) is 16.8 Å². The van der Waals surface area contributed by atoms with Crippen molar-refractivity contribution >= 4 is 23.7 Å². The first-order valence-electron chi connectivity index (χ1n) is 7.85. The number of hydrogen-bond acceptors (Lipinski definition) is 6. The molecule has 0 saturated carbocycles. The van der Waals surface area contributed by atoms with E-state index in [2.05, 4.69) is 5.10 Å². The van der Waals surface area contributed by atoms with Crippen LogP contribution in [-0.4, -0.2) is 48.4 Å². The van der Waals surface area contributed by atoms with Gasteiger partial charge in [0.25, 0.3) is 0 Å². The van der Waals surface area contributed by atoms with Gasteiger partial charge in [0.1, 0.15) is 5.92 Å². The molecule has 1 aliphatic heterocycles. The highest BCUT2D eigenvalue weighted by Gasteiger charge is 2.49. The Morgan fingerprint density at radius 3 is 2.36 bits per heavy atom. The lowest BCUT2D eigenvalue weighted by atomic mass is 9.77. The van der Waals surface area contributed by atoms with Crippen LogP contribution in [0.3, 0.4) is 0 Å². The van der Waals surface area contributed by atoms with Crippen LogP contribution >= 0.6 is 0 Å². The van der Waals surface area contributed by atoms with Gasteiger partial charge in [-0.1, -0.05) is 30.3 Å². The van der Waals surface area contributed by atoms with Crippen LogP contribution < -0.4 is 5.73 Å². The molecule has 0 unspecified atom stereocenters. The summed E-state index contributed by atoms with van der Waals surface area (Å²) in [5.41, 5.74) is 6.41. The van der Waals surface area contributed by atoms with Gasteiger partial charge in [0.05, 0.1) is 19.4 Å². The zero-order valence-electron chi connectivity index (χ0n) is 14.3. The van der Waals surface area contributed by atoms with E-state index in [4.69, 9.17) is 15.2 Å². The standard InChI is InChI=1S/C17H21N3O5/c1-4-25-15(21)12-10(2)19-20(17(18)23)14(16(22)24-3)13(12)11-8-6-5-7-9-11/h5-9,12-14H,4H2,1-3H3,(H2,18,23)/t12-,13+,14+/m0/s1. The largest absolute Gasteiger partial charge is 0.467 e. The van der Waals surface area contributed by atoms with Crippen LogP contribution in [0.25, 0.3) is 0 Å². The van der Waals surface area contributed by atoms with Crippen LogP contribution in [0.4, 0.5) is 4.79 Å². The normalized spacial score (nSPS) is 22.8. The lowest BCUT2D eigenvalue weighted by Gasteiger charge is -2.39. The molecular formula is C17H21N3O5. The predicted octanol–water partition coefficient (Wildman–Crippen LogP) is 1.26. The average molecular weight is 347 g/mol. The molecule has 1 aromatic carbocycles. The molecule has 0 fully saturated rings. The molecule has 0 bridgehead atoms. The van der Waals surface area contributed by atoms with Crippen molar-refractivity contribution in [2.45, 2.75) is 25.8 Å². The number of hydrogen-bond donors (Lipinski definition) is 1. The Morgan fingerprint density at radius 1 is 1.20 bits per heavy atom. The molecule has 1 aromatic rings. The van der Waals surface area contributed by atoms with Gasteiger partial charge in [-0.15, -0.1) is 0 Å². The molecule has 8 nitrogen and oxygen atoms in total. The minimum Gasteiger partial charge on any atom is -0.467 e. The van der Waals surface area contributed by atoms with Gasteiger partial charge >= 0.3 is 18.0 Å². The first kappa shape index (κ1) is 18.4. The zero-order chi connectivity index (χ0) is 18.6. The Hall–Kier alpha value is -2.90. The van der Waals surface area contributed by atoms with Crippen LogP contribution in [0.5, 0.6) is 0 Å². The van der Waals surface area contributed by atoms with E-state index in [0.717, 1.165) is 5.01 Å². The second-order valence-electron chi connectivity index (χ2n) is 5.56. The minimum absolute atomic E-state index is 0.187. The van der Waals surface area contributed by atoms with Crippen molar-refractivity contribution in [2.75, 3.05) is 13.7 Å². The van der Waals surface area contributed by atoms with E-state index >= 15 is 0 Å². The number of amides is 2. The second-order valence-corrected chi connectivity index (χ2v) is 5.56. The summed E-state index contributed by atoms with van der Waals surface area (Å²) in [6.07, 6.45) is 0. The van der Waals surface area contributed by atoms with Crippen LogP contribution in [0.15, 0.2) is 35.4 Å². The number of esters is 2. The smallest absolute Gasteiger partial charge is 0.336 e. The Kier molecular flexibility index (Phi) is 5.74. The lowest BCUT2D eigenvalue weighted by Crippen LogP contribution is -2.55. The fraction of sp³-hybridized carbons (Fsp3) is 0.412. The average Bonchev–Trinajstić information content (AvgIpc) is 2.60. The van der Waals surface area contributed by atoms with E-state index in [1.165, 1.54) is 7.11 Å². The number of nitrogens with two attached hydrogens (primary N) is 1. The highest BCUT2D eigenvalue weighted by atomic mass is 16.5. The van der Waals surface area contributed by atoms with Gasteiger partial charge in [-0.3, -0.25) is 4.79 Å². The van der Waals surface area contributed by atoms with Crippen molar-refractivity contribution in [3.05, 3.63) is 35.9 Å². The van der Waals surface area contributed by atoms with Gasteiger partial charge in [0.2, 0.25) is 0 Å². The lowest BCUT2D eigenvalue weighted by molar-refractivity contribution is -0.151. The van der Waals surface area contributed by atoms with E-state index in [9.17, 15) is 14.4 Å². The number of ether oxygens (including phenoxy) is 2. The SMILES string of the molecule is CCOC(=O)[C@H]1C(C)=NN(C(N)=O)[C@@H](C(=O)OC)[C@@H]1c1ccccc1. The molecule has 134 valence electrons. The third-order valence-corrected chi connectivity index (χ3v) is 4.07. The maximum absolute atomic E-state index is 12.5. The summed E-state index contributed by atoms with van der Waals surface area (Å²) in [5, 5.41) is 4.94. The molecule has 0 saturated heterocycles. The van der Waals surface area contributed by atoms with E-state index in [1.807, 2.05) is 6.07 Å². The van der Waals surface area contributed by atoms with Gasteiger partial charge in [-0.25, -0.2) is 14.6 Å². The molecule has 1 heterocycles. The number of carbonyl (C=O) groups excluding carboxylic acids is 3. The molecule has 0 aliphatic carbocycles. The molecule has 2 N–H and O–H groups in total. The zero-order valence-corrected chi connectivity index (χ0v) is 14.3. The summed E-state index contributed by atoms with van der Waals surface area (Å²) < 4.78 is 9.99. The van der Waals surface area contributed by atoms with Crippen molar-refractivity contribution in [1.82, 2.24) is 5.01 Å². The van der Waals surface area contributed by atoms with E-state index < -0.39 is 35.8 Å². The topological polar surface area (TPSA) is 111 Å². The summed E-state index contributed by atoms with van der Waals surface area (Å²) in [6, 6.07) is 6.84. The number of methoxy groups -OCH3 is 1. The van der Waals surface area contributed by atoms with Crippen molar-refractivity contribution in [1.29, 1.82) is 0 Å². The highest BCUT2D eigenvalue weighted by molar-refractivity contribution is 6.04. The molecule has 0 radical (unpaired) electrons. The molecule has 8 heteroatoms. The fourth-order valence-corrected chi connectivity index (χ4v) is 3.04. The number of carbonyl (C=O) groups is 3. The summed E-state index contributed by atoms with van der Waals surface area (Å²) in [4.78, 5) is 36.8. The molecule has 3 atom stereocenters. The number of rotatable bonds is 4. The summed E-state index contributed by atoms with van der Waals surface area (Å²) >= 11 is 0. The molecule has 2 amide bonds. The first-order valence-corrected chi connectivity index (χ1v) is 7.85. The number of benzene rings is 1. The van der Waals surface area contributed by atoms with Gasteiger partial charge in [-0.2, -0.15) is 5.10 Å². The molecule has 2 rings (SSSR count). The number of hydrazone groups is 1. The van der Waals surface area contributed by atoms with Crippen LogP contribution in [0.2, 0.25) is 0 Å². The predicted molar refractivity (Wildman–Crippen MR) is 89.6 cm³/mol. The Morgan fingerprint density at radius 2 is 1.84 bits per heavy atom. The maximum atomic E-state index is 12.5. The van der Waals surface area contributed by atoms with Crippen LogP contribution in [0.1, 0.15) is 25.3 Å². The van der Waals surface area contributed by atoms with Crippen molar-refractivity contribution < 1.29 is 23.9 Å². The van der Waals surface area contributed by atoms with Crippen molar-refractivity contribution in [3.8, 4) is 0 Å². The Balaban J connectivity index is 2.64. The summed E-state index contributed by atoms with van der Waals surface area (Å²) in [7, 11) is 1.20. The van der Waals surface area contributed by atoms with Crippen LogP contribution in [0, 0.1) is 5.92 Å². The number of nitrogens with zero attached hydrogens (tertiary/aromatic N) is 2. The number of primary amides is 1. The molecule has 0 aromatic heterocycles. The Bertz CT molecular complexity index is 689. The van der Waals surface area contributed by atoms with Gasteiger partial charge in [0, 0.05) is 5.92 Å². The van der Waals surface area contributed by atoms with Gasteiger partial charge in [-0.05, 0) is 19.4 Å². The molecule has 25 heavy (non-hydrogen) atoms. The quantitative estimate of drug-likeness (QED) is 0.824. The maximum Gasteiger partial charge on any atom is 0.336 e. The van der Waals surface area contributed by atoms with Crippen LogP contribution in [-0.2, 0) is 19.1 Å². The minimum atomic E-state index is -1.16. The van der Waals surface area contributed by atoms with Gasteiger partial charge < -0.3 is 15.2 Å². The molecular weight excluding hydrogens is 326 g/mol. The van der Waals surface area contributed by atoms with Crippen molar-refractivity contribution in [3.63, 3.8) is 0 Å². The molecule has 1 aliphatic rings. The first-order chi connectivity index (χ1) is 11.9. The van der Waals surface area contributed by atoms with E-state index in [1.54, 1.807) is 38.1 Å². The second kappa shape index (κ2) is 7.78. The summed E-state index contributed by atoms with van der Waals surface area (Å²) in [5.74, 6) is -2.78. The number of urea groups is 1. The third kappa shape index (κ3) is 3.62. The molecule has 0 spiro atoms. The summed E-state index contributed by atoms with van der Waals surface area (Å²) in [6.45, 7) is 3.48. The Labute approximate surface area is 145 Å².